The van der Waals surface area contributed by atoms with E-state index in [4.69, 9.17) is 9.15 Å². The lowest BCUT2D eigenvalue weighted by Crippen LogP contribution is -2.50. The molecule has 1 fully saturated rings. The number of carbonyl (C=O) groups is 2. The van der Waals surface area contributed by atoms with Gasteiger partial charge in [0.1, 0.15) is 11.5 Å². The molecule has 132 valence electrons. The number of methoxy groups -OCH3 is 1. The minimum absolute atomic E-state index is 0.0263. The van der Waals surface area contributed by atoms with Crippen LogP contribution < -0.4 is 4.74 Å². The molecule has 2 aromatic rings. The van der Waals surface area contributed by atoms with Crippen LogP contribution in [-0.4, -0.2) is 54.9 Å². The first-order valence-electron chi connectivity index (χ1n) is 8.41. The number of furan rings is 1. The van der Waals surface area contributed by atoms with Gasteiger partial charge in [0.15, 0.2) is 0 Å². The summed E-state index contributed by atoms with van der Waals surface area (Å²) in [6, 6.07) is 10.8. The van der Waals surface area contributed by atoms with Crippen molar-refractivity contribution in [3.63, 3.8) is 0 Å². The second kappa shape index (κ2) is 7.88. The van der Waals surface area contributed by atoms with Gasteiger partial charge in [-0.1, -0.05) is 6.07 Å². The SMILES string of the molecule is COc1cccc(C(=O)N2CCN(C(=O)CCc3ccco3)CC2)c1. The monoisotopic (exact) mass is 342 g/mol. The van der Waals surface area contributed by atoms with Crippen LogP contribution in [-0.2, 0) is 11.2 Å². The van der Waals surface area contributed by atoms with Crippen molar-refractivity contribution in [1.82, 2.24) is 9.80 Å². The number of benzene rings is 1. The van der Waals surface area contributed by atoms with Crippen molar-refractivity contribution in [2.75, 3.05) is 33.3 Å². The van der Waals surface area contributed by atoms with Crippen LogP contribution in [0, 0.1) is 0 Å². The van der Waals surface area contributed by atoms with Gasteiger partial charge in [0.25, 0.3) is 5.91 Å². The maximum atomic E-state index is 12.6. The smallest absolute Gasteiger partial charge is 0.254 e. The zero-order valence-electron chi connectivity index (χ0n) is 14.3. The van der Waals surface area contributed by atoms with E-state index in [-0.39, 0.29) is 11.8 Å². The summed E-state index contributed by atoms with van der Waals surface area (Å²) in [7, 11) is 1.58. The Kier molecular flexibility index (Phi) is 5.38. The van der Waals surface area contributed by atoms with E-state index in [2.05, 4.69) is 0 Å². The van der Waals surface area contributed by atoms with E-state index < -0.39 is 0 Å². The first kappa shape index (κ1) is 17.1. The molecule has 1 aromatic carbocycles. The fourth-order valence-electron chi connectivity index (χ4n) is 2.94. The van der Waals surface area contributed by atoms with Gasteiger partial charge in [-0.25, -0.2) is 0 Å². The average molecular weight is 342 g/mol. The molecule has 1 aromatic heterocycles. The summed E-state index contributed by atoms with van der Waals surface area (Å²) in [5.74, 6) is 1.56. The Bertz CT molecular complexity index is 719. The average Bonchev–Trinajstić information content (AvgIpc) is 3.19. The first-order chi connectivity index (χ1) is 12.2. The van der Waals surface area contributed by atoms with Crippen LogP contribution in [0.4, 0.5) is 0 Å². The van der Waals surface area contributed by atoms with Crippen molar-refractivity contribution in [1.29, 1.82) is 0 Å². The molecule has 6 nitrogen and oxygen atoms in total. The van der Waals surface area contributed by atoms with E-state index >= 15 is 0 Å². The van der Waals surface area contributed by atoms with Crippen LogP contribution in [0.3, 0.4) is 0 Å². The second-order valence-corrected chi connectivity index (χ2v) is 5.98. The Hall–Kier alpha value is -2.76. The molecule has 1 aliphatic rings. The summed E-state index contributed by atoms with van der Waals surface area (Å²) in [5.41, 5.74) is 0.608. The molecular weight excluding hydrogens is 320 g/mol. The second-order valence-electron chi connectivity index (χ2n) is 5.98. The van der Waals surface area contributed by atoms with E-state index in [0.29, 0.717) is 50.3 Å². The van der Waals surface area contributed by atoms with Crippen molar-refractivity contribution in [2.45, 2.75) is 12.8 Å². The maximum Gasteiger partial charge on any atom is 0.254 e. The molecule has 25 heavy (non-hydrogen) atoms. The molecular formula is C19H22N2O4. The van der Waals surface area contributed by atoms with Crippen molar-refractivity contribution < 1.29 is 18.7 Å². The molecule has 3 rings (SSSR count). The van der Waals surface area contributed by atoms with E-state index in [9.17, 15) is 9.59 Å². The predicted octanol–water partition coefficient (Wildman–Crippen LogP) is 2.21. The summed E-state index contributed by atoms with van der Waals surface area (Å²) < 4.78 is 10.4. The van der Waals surface area contributed by atoms with Crippen molar-refractivity contribution in [2.24, 2.45) is 0 Å². The summed E-state index contributed by atoms with van der Waals surface area (Å²) in [4.78, 5) is 28.5. The van der Waals surface area contributed by atoms with Crippen molar-refractivity contribution in [3.05, 3.63) is 54.0 Å². The van der Waals surface area contributed by atoms with Crippen LogP contribution in [0.15, 0.2) is 47.1 Å². The van der Waals surface area contributed by atoms with Crippen LogP contribution >= 0.6 is 0 Å². The van der Waals surface area contributed by atoms with Gasteiger partial charge >= 0.3 is 0 Å². The number of hydrogen-bond acceptors (Lipinski definition) is 4. The van der Waals surface area contributed by atoms with Crippen LogP contribution in [0.1, 0.15) is 22.5 Å². The van der Waals surface area contributed by atoms with Crippen LogP contribution in [0.5, 0.6) is 5.75 Å². The fraction of sp³-hybridized carbons (Fsp3) is 0.368. The third-order valence-electron chi connectivity index (χ3n) is 4.40. The van der Waals surface area contributed by atoms with Gasteiger partial charge in [0.2, 0.25) is 5.91 Å². The number of hydrogen-bond donors (Lipinski definition) is 0. The number of ether oxygens (including phenoxy) is 1. The zero-order chi connectivity index (χ0) is 17.6. The maximum absolute atomic E-state index is 12.6. The summed E-state index contributed by atoms with van der Waals surface area (Å²) in [6.07, 6.45) is 2.65. The normalized spacial score (nSPS) is 14.4. The highest BCUT2D eigenvalue weighted by Gasteiger charge is 2.24. The zero-order valence-corrected chi connectivity index (χ0v) is 14.3. The molecule has 0 N–H and O–H groups in total. The lowest BCUT2D eigenvalue weighted by Gasteiger charge is -2.35. The Morgan fingerprint density at radius 2 is 1.84 bits per heavy atom. The predicted molar refractivity (Wildman–Crippen MR) is 92.5 cm³/mol. The van der Waals surface area contributed by atoms with Crippen LogP contribution in [0.25, 0.3) is 0 Å². The van der Waals surface area contributed by atoms with E-state index in [0.717, 1.165) is 5.76 Å². The topological polar surface area (TPSA) is 63.0 Å². The number of carbonyl (C=O) groups excluding carboxylic acids is 2. The Morgan fingerprint density at radius 3 is 2.52 bits per heavy atom. The van der Waals surface area contributed by atoms with E-state index in [1.54, 1.807) is 36.5 Å². The molecule has 0 radical (unpaired) electrons. The fourth-order valence-corrected chi connectivity index (χ4v) is 2.94. The highest BCUT2D eigenvalue weighted by molar-refractivity contribution is 5.94. The van der Waals surface area contributed by atoms with Gasteiger partial charge in [0.05, 0.1) is 13.4 Å². The molecule has 1 saturated heterocycles. The molecule has 6 heteroatoms. The van der Waals surface area contributed by atoms with Crippen molar-refractivity contribution in [3.8, 4) is 5.75 Å². The number of nitrogens with zero attached hydrogens (tertiary/aromatic N) is 2. The first-order valence-corrected chi connectivity index (χ1v) is 8.41. The number of amides is 2. The Morgan fingerprint density at radius 1 is 1.08 bits per heavy atom. The molecule has 0 saturated carbocycles. The molecule has 0 unspecified atom stereocenters. The number of rotatable bonds is 5. The lowest BCUT2D eigenvalue weighted by molar-refractivity contribution is -0.132. The quantitative estimate of drug-likeness (QED) is 0.836. The largest absolute Gasteiger partial charge is 0.497 e. The minimum Gasteiger partial charge on any atom is -0.497 e. The molecule has 0 spiro atoms. The molecule has 0 bridgehead atoms. The summed E-state index contributed by atoms with van der Waals surface area (Å²) in [6.45, 7) is 2.21. The third-order valence-corrected chi connectivity index (χ3v) is 4.40. The minimum atomic E-state index is -0.0263. The highest BCUT2D eigenvalue weighted by atomic mass is 16.5. The highest BCUT2D eigenvalue weighted by Crippen LogP contribution is 2.16. The summed E-state index contributed by atoms with van der Waals surface area (Å²) in [5, 5.41) is 0. The third kappa shape index (κ3) is 4.21. The molecule has 2 heterocycles. The molecule has 0 atom stereocenters. The van der Waals surface area contributed by atoms with Gasteiger partial charge in [-0.15, -0.1) is 0 Å². The van der Waals surface area contributed by atoms with Crippen molar-refractivity contribution >= 4 is 11.8 Å². The lowest BCUT2D eigenvalue weighted by atomic mass is 10.1. The van der Waals surface area contributed by atoms with Gasteiger partial charge < -0.3 is 19.0 Å². The van der Waals surface area contributed by atoms with Gasteiger partial charge in [-0.2, -0.15) is 0 Å². The van der Waals surface area contributed by atoms with Gasteiger partial charge in [0, 0.05) is 44.6 Å². The standard InChI is InChI=1S/C19H22N2O4/c1-24-17-5-2-4-15(14-17)19(23)21-11-9-20(10-12-21)18(22)8-7-16-6-3-13-25-16/h2-6,13-14H,7-12H2,1H3. The van der Waals surface area contributed by atoms with E-state index in [1.165, 1.54) is 0 Å². The summed E-state index contributed by atoms with van der Waals surface area (Å²) >= 11 is 0. The van der Waals surface area contributed by atoms with E-state index in [1.807, 2.05) is 23.1 Å². The Balaban J connectivity index is 1.50. The number of aryl methyl sites for hydroxylation is 1. The molecule has 0 aliphatic carbocycles. The molecule has 1 aliphatic heterocycles. The van der Waals surface area contributed by atoms with Gasteiger partial charge in [-0.3, -0.25) is 9.59 Å². The molecule has 2 amide bonds. The van der Waals surface area contributed by atoms with Crippen LogP contribution in [0.2, 0.25) is 0 Å². The Labute approximate surface area is 147 Å². The van der Waals surface area contributed by atoms with Gasteiger partial charge in [-0.05, 0) is 30.3 Å². The number of piperazine rings is 1.